The van der Waals surface area contributed by atoms with Gasteiger partial charge in [-0.15, -0.1) is 6.58 Å². The predicted octanol–water partition coefficient (Wildman–Crippen LogP) is 1.49. The summed E-state index contributed by atoms with van der Waals surface area (Å²) in [5.74, 6) is 0.967. The topological polar surface area (TPSA) is 63.3 Å². The number of carboxylic acid groups (broad SMARTS) is 1. The van der Waals surface area contributed by atoms with Gasteiger partial charge in [-0.1, -0.05) is 6.08 Å². The molecule has 3 N–H and O–H groups in total. The summed E-state index contributed by atoms with van der Waals surface area (Å²) in [6, 6.07) is -0.702. The number of allylic oxidation sites excluding steroid dienone is 1. The molecule has 0 amide bonds. The molecule has 0 saturated heterocycles. The van der Waals surface area contributed by atoms with Crippen LogP contribution in [0.3, 0.4) is 0 Å². The molecular formula is C9H17NO2S. The molecule has 0 aliphatic carbocycles. The molecule has 4 heteroatoms. The molecule has 13 heavy (non-hydrogen) atoms. The fourth-order valence-electron chi connectivity index (χ4n) is 0.766. The van der Waals surface area contributed by atoms with Crippen LogP contribution in [-0.2, 0) is 4.79 Å². The molecule has 76 valence electrons. The molecule has 0 aromatic heterocycles. The van der Waals surface area contributed by atoms with Gasteiger partial charge < -0.3 is 10.8 Å². The molecule has 0 bridgehead atoms. The molecule has 0 spiro atoms. The van der Waals surface area contributed by atoms with E-state index in [9.17, 15) is 4.79 Å². The van der Waals surface area contributed by atoms with Crippen molar-refractivity contribution in [3.05, 3.63) is 12.7 Å². The minimum absolute atomic E-state index is 0.550. The Bertz CT molecular complexity index is 162. The third kappa shape index (κ3) is 7.87. The molecule has 0 aliphatic heterocycles. The van der Waals surface area contributed by atoms with Crippen LogP contribution in [0.1, 0.15) is 19.3 Å². The zero-order valence-corrected chi connectivity index (χ0v) is 8.55. The summed E-state index contributed by atoms with van der Waals surface area (Å²) in [7, 11) is 0. The molecule has 0 aromatic rings. The number of hydrogen-bond acceptors (Lipinski definition) is 3. The molecule has 0 aromatic carbocycles. The lowest BCUT2D eigenvalue weighted by atomic mass is 10.2. The van der Waals surface area contributed by atoms with E-state index >= 15 is 0 Å². The number of unbranched alkanes of at least 4 members (excludes halogenated alkanes) is 1. The van der Waals surface area contributed by atoms with Crippen molar-refractivity contribution >= 4 is 17.7 Å². The first-order valence-electron chi connectivity index (χ1n) is 4.35. The summed E-state index contributed by atoms with van der Waals surface area (Å²) in [4.78, 5) is 10.3. The summed E-state index contributed by atoms with van der Waals surface area (Å²) in [5, 5.41) is 8.48. The fourth-order valence-corrected chi connectivity index (χ4v) is 1.76. The average molecular weight is 203 g/mol. The fraction of sp³-hybridized carbons (Fsp3) is 0.667. The molecule has 0 fully saturated rings. The maximum absolute atomic E-state index is 10.3. The average Bonchev–Trinajstić information content (AvgIpc) is 2.10. The number of nitrogens with two attached hydrogens (primary N) is 1. The van der Waals surface area contributed by atoms with E-state index in [1.54, 1.807) is 11.8 Å². The first-order chi connectivity index (χ1) is 6.18. The van der Waals surface area contributed by atoms with E-state index < -0.39 is 12.0 Å². The van der Waals surface area contributed by atoms with Crippen molar-refractivity contribution in [2.75, 3.05) is 11.5 Å². The van der Waals surface area contributed by atoms with Gasteiger partial charge in [-0.25, -0.2) is 0 Å². The molecule has 1 atom stereocenters. The van der Waals surface area contributed by atoms with Crippen molar-refractivity contribution in [2.24, 2.45) is 5.73 Å². The predicted molar refractivity (Wildman–Crippen MR) is 57.0 cm³/mol. The van der Waals surface area contributed by atoms with Gasteiger partial charge in [-0.05, 0) is 30.8 Å². The van der Waals surface area contributed by atoms with Crippen LogP contribution in [-0.4, -0.2) is 28.6 Å². The zero-order valence-electron chi connectivity index (χ0n) is 7.74. The van der Waals surface area contributed by atoms with Crippen LogP contribution >= 0.6 is 11.8 Å². The van der Waals surface area contributed by atoms with Gasteiger partial charge in [0.2, 0.25) is 0 Å². The number of carbonyl (C=O) groups is 1. The summed E-state index contributed by atoms with van der Waals surface area (Å²) >= 11 is 1.75. The Morgan fingerprint density at radius 3 is 2.85 bits per heavy atom. The van der Waals surface area contributed by atoms with Gasteiger partial charge in [0.05, 0.1) is 0 Å². The maximum Gasteiger partial charge on any atom is 0.320 e. The standard InChI is InChI=1S/C9H17NO2S/c1-2-3-4-6-13-7-5-8(10)9(11)12/h2,8H,1,3-7,10H2,(H,11,12). The second-order valence-electron chi connectivity index (χ2n) is 2.78. The largest absolute Gasteiger partial charge is 0.480 e. The van der Waals surface area contributed by atoms with E-state index in [-0.39, 0.29) is 0 Å². The lowest BCUT2D eigenvalue weighted by molar-refractivity contribution is -0.138. The van der Waals surface area contributed by atoms with Gasteiger partial charge in [0.1, 0.15) is 6.04 Å². The second kappa shape index (κ2) is 8.13. The smallest absolute Gasteiger partial charge is 0.320 e. The van der Waals surface area contributed by atoms with Gasteiger partial charge in [0, 0.05) is 0 Å². The summed E-state index contributed by atoms with van der Waals surface area (Å²) in [6.07, 6.45) is 4.58. The lowest BCUT2D eigenvalue weighted by Gasteiger charge is -2.04. The molecule has 1 unspecified atom stereocenters. The first kappa shape index (κ1) is 12.5. The quantitative estimate of drug-likeness (QED) is 0.463. The highest BCUT2D eigenvalue weighted by atomic mass is 32.2. The highest BCUT2D eigenvalue weighted by Gasteiger charge is 2.09. The third-order valence-corrected chi connectivity index (χ3v) is 2.69. The molecule has 3 nitrogen and oxygen atoms in total. The highest BCUT2D eigenvalue weighted by Crippen LogP contribution is 2.07. The Hall–Kier alpha value is -0.480. The van der Waals surface area contributed by atoms with Gasteiger partial charge >= 0.3 is 5.97 Å². The van der Waals surface area contributed by atoms with Crippen molar-refractivity contribution in [3.63, 3.8) is 0 Å². The molecule has 0 rings (SSSR count). The molecule has 0 saturated carbocycles. The number of thioether (sulfide) groups is 1. The van der Waals surface area contributed by atoms with Crippen LogP contribution in [0.15, 0.2) is 12.7 Å². The van der Waals surface area contributed by atoms with Gasteiger partial charge in [0.25, 0.3) is 0 Å². The summed E-state index contributed by atoms with van der Waals surface area (Å²) in [6.45, 7) is 3.62. The van der Waals surface area contributed by atoms with Crippen LogP contribution in [0.4, 0.5) is 0 Å². The maximum atomic E-state index is 10.3. The van der Waals surface area contributed by atoms with Gasteiger partial charge in [0.15, 0.2) is 0 Å². The van der Waals surface area contributed by atoms with E-state index in [1.165, 1.54) is 0 Å². The molecule has 0 aliphatic rings. The van der Waals surface area contributed by atoms with E-state index in [0.29, 0.717) is 6.42 Å². The van der Waals surface area contributed by atoms with Crippen LogP contribution in [0.25, 0.3) is 0 Å². The lowest BCUT2D eigenvalue weighted by Crippen LogP contribution is -2.30. The zero-order chi connectivity index (χ0) is 10.1. The highest BCUT2D eigenvalue weighted by molar-refractivity contribution is 7.99. The second-order valence-corrected chi connectivity index (χ2v) is 4.00. The van der Waals surface area contributed by atoms with Crippen molar-refractivity contribution in [3.8, 4) is 0 Å². The molecular weight excluding hydrogens is 186 g/mol. The Balaban J connectivity index is 3.15. The van der Waals surface area contributed by atoms with Crippen molar-refractivity contribution in [1.29, 1.82) is 0 Å². The summed E-state index contributed by atoms with van der Waals surface area (Å²) in [5.41, 5.74) is 5.33. The number of hydrogen-bond donors (Lipinski definition) is 2. The van der Waals surface area contributed by atoms with Crippen molar-refractivity contribution < 1.29 is 9.90 Å². The number of carboxylic acids is 1. The Morgan fingerprint density at radius 2 is 2.31 bits per heavy atom. The van der Waals surface area contributed by atoms with Crippen LogP contribution in [0.2, 0.25) is 0 Å². The third-order valence-electron chi connectivity index (χ3n) is 1.59. The van der Waals surface area contributed by atoms with E-state index in [0.717, 1.165) is 24.3 Å². The van der Waals surface area contributed by atoms with Crippen molar-refractivity contribution in [2.45, 2.75) is 25.3 Å². The molecule has 0 radical (unpaired) electrons. The van der Waals surface area contributed by atoms with Crippen LogP contribution in [0, 0.1) is 0 Å². The number of aliphatic carboxylic acids is 1. The molecule has 0 heterocycles. The Kier molecular flexibility index (Phi) is 7.83. The van der Waals surface area contributed by atoms with Crippen LogP contribution < -0.4 is 5.73 Å². The van der Waals surface area contributed by atoms with Crippen LogP contribution in [0.5, 0.6) is 0 Å². The van der Waals surface area contributed by atoms with Crippen molar-refractivity contribution in [1.82, 2.24) is 0 Å². The van der Waals surface area contributed by atoms with Gasteiger partial charge in [-0.3, -0.25) is 4.79 Å². The number of rotatable bonds is 8. The SMILES string of the molecule is C=CCCCSCCC(N)C(=O)O. The minimum atomic E-state index is -0.910. The van der Waals surface area contributed by atoms with E-state index in [1.807, 2.05) is 6.08 Å². The first-order valence-corrected chi connectivity index (χ1v) is 5.51. The van der Waals surface area contributed by atoms with E-state index in [4.69, 9.17) is 10.8 Å². The Labute approximate surface area is 83.4 Å². The minimum Gasteiger partial charge on any atom is -0.480 e. The van der Waals surface area contributed by atoms with Gasteiger partial charge in [-0.2, -0.15) is 11.8 Å². The normalized spacial score (nSPS) is 12.4. The summed E-state index contributed by atoms with van der Waals surface area (Å²) < 4.78 is 0. The van der Waals surface area contributed by atoms with E-state index in [2.05, 4.69) is 6.58 Å². The Morgan fingerprint density at radius 1 is 1.62 bits per heavy atom. The monoisotopic (exact) mass is 203 g/mol.